The third kappa shape index (κ3) is 4.51. The monoisotopic (exact) mass is 399 g/mol. The minimum Gasteiger partial charge on any atom is -0.463 e. The number of carbonyl (C=O) groups excluding carboxylic acids is 2. The zero-order chi connectivity index (χ0) is 20.3. The van der Waals surface area contributed by atoms with E-state index in [-0.39, 0.29) is 0 Å². The lowest BCUT2D eigenvalue weighted by atomic mass is 10.1. The van der Waals surface area contributed by atoms with Crippen LogP contribution >= 0.6 is 11.8 Å². The van der Waals surface area contributed by atoms with E-state index in [1.54, 1.807) is 46.0 Å². The Morgan fingerprint density at radius 3 is 2.68 bits per heavy atom. The van der Waals surface area contributed by atoms with Crippen molar-refractivity contribution in [2.45, 2.75) is 43.2 Å². The van der Waals surface area contributed by atoms with Gasteiger partial charge in [-0.1, -0.05) is 17.8 Å². The largest absolute Gasteiger partial charge is 0.463 e. The smallest absolute Gasteiger partial charge is 0.420 e. The Kier molecular flexibility index (Phi) is 5.69. The van der Waals surface area contributed by atoms with Crippen LogP contribution < -0.4 is 4.90 Å². The summed E-state index contributed by atoms with van der Waals surface area (Å²) in [4.78, 5) is 35.4. The highest BCUT2D eigenvalue weighted by atomic mass is 32.2. The molecule has 1 aromatic carbocycles. The molecule has 0 fully saturated rings. The van der Waals surface area contributed by atoms with Crippen molar-refractivity contribution in [3.8, 4) is 0 Å². The molecule has 0 atom stereocenters. The van der Waals surface area contributed by atoms with Gasteiger partial charge in [-0.05, 0) is 51.5 Å². The molecule has 8 heteroatoms. The number of ether oxygens (including phenoxy) is 2. The fourth-order valence-corrected chi connectivity index (χ4v) is 3.46. The van der Waals surface area contributed by atoms with Gasteiger partial charge in [0, 0.05) is 23.4 Å². The van der Waals surface area contributed by atoms with Crippen molar-refractivity contribution in [2.24, 2.45) is 0 Å². The summed E-state index contributed by atoms with van der Waals surface area (Å²) in [7, 11) is 0. The summed E-state index contributed by atoms with van der Waals surface area (Å²) >= 11 is 1.42. The van der Waals surface area contributed by atoms with Gasteiger partial charge in [-0.15, -0.1) is 0 Å². The normalized spacial score (nSPS) is 13.1. The van der Waals surface area contributed by atoms with Gasteiger partial charge in [-0.3, -0.25) is 0 Å². The molecule has 146 valence electrons. The first-order chi connectivity index (χ1) is 13.3. The van der Waals surface area contributed by atoms with E-state index < -0.39 is 17.7 Å². The first-order valence-corrected chi connectivity index (χ1v) is 9.61. The lowest BCUT2D eigenvalue weighted by molar-refractivity contribution is -0.137. The van der Waals surface area contributed by atoms with Crippen LogP contribution in [0.25, 0.3) is 6.08 Å². The van der Waals surface area contributed by atoms with E-state index in [2.05, 4.69) is 9.97 Å². The molecule has 2 heterocycles. The predicted molar refractivity (Wildman–Crippen MR) is 107 cm³/mol. The van der Waals surface area contributed by atoms with E-state index in [0.29, 0.717) is 23.1 Å². The van der Waals surface area contributed by atoms with Crippen LogP contribution in [0, 0.1) is 0 Å². The molecule has 7 nitrogen and oxygen atoms in total. The highest BCUT2D eigenvalue weighted by molar-refractivity contribution is 7.99. The van der Waals surface area contributed by atoms with Gasteiger partial charge in [0.25, 0.3) is 0 Å². The SMILES string of the molecule is CCOC(=O)/C=C\c1ccc2c(c1)N(C(=O)OC(C)(C)C)c1nccnc1S2. The number of hydrogen-bond acceptors (Lipinski definition) is 7. The van der Waals surface area contributed by atoms with Gasteiger partial charge in [0.05, 0.1) is 12.3 Å². The molecule has 1 amide bonds. The van der Waals surface area contributed by atoms with Crippen molar-refractivity contribution in [1.29, 1.82) is 0 Å². The van der Waals surface area contributed by atoms with Crippen LogP contribution in [-0.4, -0.2) is 34.2 Å². The molecule has 0 aliphatic carbocycles. The number of rotatable bonds is 3. The van der Waals surface area contributed by atoms with Gasteiger partial charge in [0.1, 0.15) is 10.6 Å². The summed E-state index contributed by atoms with van der Waals surface area (Å²) < 4.78 is 10.5. The van der Waals surface area contributed by atoms with E-state index in [4.69, 9.17) is 9.47 Å². The third-order valence-corrected chi connectivity index (χ3v) is 4.61. The highest BCUT2D eigenvalue weighted by Crippen LogP contribution is 2.46. The van der Waals surface area contributed by atoms with Crippen molar-refractivity contribution >= 4 is 41.4 Å². The minimum absolute atomic E-state index is 0.311. The van der Waals surface area contributed by atoms with Gasteiger partial charge in [-0.2, -0.15) is 0 Å². The Labute approximate surface area is 167 Å². The maximum atomic E-state index is 12.9. The fourth-order valence-electron chi connectivity index (χ4n) is 2.51. The molecule has 0 unspecified atom stereocenters. The molecule has 0 spiro atoms. The molecule has 1 aliphatic rings. The number of hydrogen-bond donors (Lipinski definition) is 0. The van der Waals surface area contributed by atoms with Crippen LogP contribution in [0.3, 0.4) is 0 Å². The summed E-state index contributed by atoms with van der Waals surface area (Å²) in [5.41, 5.74) is 0.706. The van der Waals surface area contributed by atoms with Crippen molar-refractivity contribution < 1.29 is 19.1 Å². The van der Waals surface area contributed by atoms with Crippen LogP contribution in [0.4, 0.5) is 16.3 Å². The van der Waals surface area contributed by atoms with Gasteiger partial charge >= 0.3 is 12.1 Å². The minimum atomic E-state index is -0.661. The molecule has 1 aliphatic heterocycles. The topological polar surface area (TPSA) is 81.6 Å². The van der Waals surface area contributed by atoms with E-state index >= 15 is 0 Å². The molecule has 2 aromatic rings. The Morgan fingerprint density at radius 2 is 1.96 bits per heavy atom. The predicted octanol–water partition coefficient (Wildman–Crippen LogP) is 4.59. The Morgan fingerprint density at radius 1 is 1.21 bits per heavy atom. The number of anilines is 2. The summed E-state index contributed by atoms with van der Waals surface area (Å²) in [6, 6.07) is 5.54. The second-order valence-corrected chi connectivity index (χ2v) is 7.95. The highest BCUT2D eigenvalue weighted by Gasteiger charge is 2.33. The van der Waals surface area contributed by atoms with Crippen molar-refractivity contribution in [2.75, 3.05) is 11.5 Å². The van der Waals surface area contributed by atoms with Crippen LogP contribution in [0.2, 0.25) is 0 Å². The Balaban J connectivity index is 2.01. The van der Waals surface area contributed by atoms with Crippen molar-refractivity contribution in [3.63, 3.8) is 0 Å². The van der Waals surface area contributed by atoms with E-state index in [1.807, 2.05) is 12.1 Å². The zero-order valence-corrected chi connectivity index (χ0v) is 16.9. The number of nitrogens with zero attached hydrogens (tertiary/aromatic N) is 3. The maximum Gasteiger partial charge on any atom is 0.420 e. The van der Waals surface area contributed by atoms with Crippen LogP contribution in [0.1, 0.15) is 33.3 Å². The third-order valence-electron chi connectivity index (χ3n) is 3.56. The molecule has 1 aromatic heterocycles. The molecule has 0 bridgehead atoms. The number of esters is 1. The van der Waals surface area contributed by atoms with E-state index in [1.165, 1.54) is 28.9 Å². The molecular weight excluding hydrogens is 378 g/mol. The zero-order valence-electron chi connectivity index (χ0n) is 16.1. The summed E-state index contributed by atoms with van der Waals surface area (Å²) in [6.45, 7) is 7.48. The molecule has 0 radical (unpaired) electrons. The summed E-state index contributed by atoms with van der Waals surface area (Å²) in [5.74, 6) is -0.00409. The number of carbonyl (C=O) groups is 2. The molecular formula is C20H21N3O4S. The number of benzene rings is 1. The maximum absolute atomic E-state index is 12.9. The van der Waals surface area contributed by atoms with Gasteiger partial charge < -0.3 is 9.47 Å². The molecule has 3 rings (SSSR count). The quantitative estimate of drug-likeness (QED) is 0.551. The average molecular weight is 399 g/mol. The first-order valence-electron chi connectivity index (χ1n) is 8.79. The molecule has 0 N–H and O–H groups in total. The van der Waals surface area contributed by atoms with Crippen LogP contribution in [0.5, 0.6) is 0 Å². The summed E-state index contributed by atoms with van der Waals surface area (Å²) in [6.07, 6.45) is 5.57. The van der Waals surface area contributed by atoms with E-state index in [0.717, 1.165) is 10.5 Å². The van der Waals surface area contributed by atoms with Crippen molar-refractivity contribution in [1.82, 2.24) is 9.97 Å². The number of fused-ring (bicyclic) bond motifs is 2. The van der Waals surface area contributed by atoms with Crippen LogP contribution in [0.15, 0.2) is 46.6 Å². The lowest BCUT2D eigenvalue weighted by Gasteiger charge is -2.31. The molecule has 28 heavy (non-hydrogen) atoms. The molecule has 0 saturated carbocycles. The second-order valence-electron chi connectivity index (χ2n) is 6.92. The summed E-state index contributed by atoms with van der Waals surface area (Å²) in [5, 5.41) is 0.621. The number of amides is 1. The van der Waals surface area contributed by atoms with Gasteiger partial charge in [0.2, 0.25) is 0 Å². The van der Waals surface area contributed by atoms with Crippen molar-refractivity contribution in [3.05, 3.63) is 42.2 Å². The average Bonchev–Trinajstić information content (AvgIpc) is 2.63. The molecule has 0 saturated heterocycles. The van der Waals surface area contributed by atoms with Gasteiger partial charge in [-0.25, -0.2) is 24.5 Å². The van der Waals surface area contributed by atoms with Crippen LogP contribution in [-0.2, 0) is 14.3 Å². The second kappa shape index (κ2) is 8.02. The first kappa shape index (κ1) is 19.9. The number of aromatic nitrogens is 2. The Bertz CT molecular complexity index is 937. The lowest BCUT2D eigenvalue weighted by Crippen LogP contribution is -2.35. The standard InChI is InChI=1S/C20H21N3O4S/c1-5-26-16(24)9-7-13-6-8-15-14(12-13)23(19(25)27-20(2,3)4)17-18(28-15)22-11-10-21-17/h6-12H,5H2,1-4H3/b9-7-. The Hall–Kier alpha value is -2.87. The van der Waals surface area contributed by atoms with E-state index in [9.17, 15) is 9.59 Å². The fraction of sp³-hybridized carbons (Fsp3) is 0.300. The van der Waals surface area contributed by atoms with Gasteiger partial charge in [0.15, 0.2) is 5.82 Å².